The predicted octanol–water partition coefficient (Wildman–Crippen LogP) is 3.79. The molecule has 20 heavy (non-hydrogen) atoms. The molecule has 1 unspecified atom stereocenters. The largest absolute Gasteiger partial charge is 0.388 e. The van der Waals surface area contributed by atoms with Gasteiger partial charge in [0.1, 0.15) is 5.82 Å². The fraction of sp³-hybridized carbons (Fsp3) is 0.250. The second-order valence-corrected chi connectivity index (χ2v) is 5.38. The van der Waals surface area contributed by atoms with E-state index < -0.39 is 6.10 Å². The number of halogens is 2. The highest BCUT2D eigenvalue weighted by atomic mass is 35.5. The number of aliphatic hydroxyl groups excluding tert-OH is 1. The molecule has 1 atom stereocenters. The van der Waals surface area contributed by atoms with Crippen LogP contribution in [0.25, 0.3) is 0 Å². The summed E-state index contributed by atoms with van der Waals surface area (Å²) in [5.74, 6) is -0.372. The van der Waals surface area contributed by atoms with Crippen molar-refractivity contribution >= 4 is 11.6 Å². The maximum Gasteiger partial charge on any atom is 0.124 e. The van der Waals surface area contributed by atoms with Crippen LogP contribution in [0.2, 0.25) is 5.02 Å². The van der Waals surface area contributed by atoms with Gasteiger partial charge < -0.3 is 9.84 Å². The van der Waals surface area contributed by atoms with Crippen LogP contribution in [0.1, 0.15) is 28.4 Å². The summed E-state index contributed by atoms with van der Waals surface area (Å²) in [6.07, 6.45) is -0.303. The van der Waals surface area contributed by atoms with Gasteiger partial charge in [0, 0.05) is 11.4 Å². The van der Waals surface area contributed by atoms with E-state index in [2.05, 4.69) is 0 Å². The van der Waals surface area contributed by atoms with Crippen molar-refractivity contribution in [1.29, 1.82) is 0 Å². The van der Waals surface area contributed by atoms with Crippen LogP contribution in [0, 0.1) is 5.82 Å². The molecule has 1 aliphatic heterocycles. The van der Waals surface area contributed by atoms with Gasteiger partial charge in [0.2, 0.25) is 0 Å². The SMILES string of the molecule is OC(Cc1ccc(F)cc1Cl)c1ccc2c(c1)COC2. The normalized spacial score (nSPS) is 15.2. The fourth-order valence-corrected chi connectivity index (χ4v) is 2.66. The summed E-state index contributed by atoms with van der Waals surface area (Å²) in [5.41, 5.74) is 3.85. The Morgan fingerprint density at radius 1 is 1.15 bits per heavy atom. The number of benzene rings is 2. The molecule has 1 N–H and O–H groups in total. The number of aliphatic hydroxyl groups is 1. The Balaban J connectivity index is 1.80. The Morgan fingerprint density at radius 2 is 1.95 bits per heavy atom. The van der Waals surface area contributed by atoms with Gasteiger partial charge in [-0.25, -0.2) is 4.39 Å². The minimum atomic E-state index is -0.663. The third-order valence-corrected chi connectivity index (χ3v) is 3.91. The lowest BCUT2D eigenvalue weighted by Gasteiger charge is -2.13. The molecule has 2 nitrogen and oxygen atoms in total. The maximum absolute atomic E-state index is 13.0. The van der Waals surface area contributed by atoms with Crippen molar-refractivity contribution < 1.29 is 14.2 Å². The van der Waals surface area contributed by atoms with Crippen molar-refractivity contribution in [1.82, 2.24) is 0 Å². The zero-order valence-electron chi connectivity index (χ0n) is 10.8. The smallest absolute Gasteiger partial charge is 0.124 e. The zero-order valence-corrected chi connectivity index (χ0v) is 11.5. The van der Waals surface area contributed by atoms with E-state index in [1.807, 2.05) is 18.2 Å². The highest BCUT2D eigenvalue weighted by Crippen LogP contribution is 2.27. The van der Waals surface area contributed by atoms with Crippen LogP contribution in [0.5, 0.6) is 0 Å². The average Bonchev–Trinajstić information content (AvgIpc) is 2.89. The summed E-state index contributed by atoms with van der Waals surface area (Å²) in [5, 5.41) is 10.6. The molecule has 1 aliphatic rings. The summed E-state index contributed by atoms with van der Waals surface area (Å²) in [7, 11) is 0. The lowest BCUT2D eigenvalue weighted by molar-refractivity contribution is 0.134. The number of fused-ring (bicyclic) bond motifs is 1. The molecule has 3 rings (SSSR count). The Bertz CT molecular complexity index is 642. The van der Waals surface area contributed by atoms with Crippen LogP contribution < -0.4 is 0 Å². The van der Waals surface area contributed by atoms with Gasteiger partial charge in [-0.2, -0.15) is 0 Å². The van der Waals surface area contributed by atoms with Crippen molar-refractivity contribution in [2.75, 3.05) is 0 Å². The molecule has 0 saturated carbocycles. The maximum atomic E-state index is 13.0. The lowest BCUT2D eigenvalue weighted by Crippen LogP contribution is -2.03. The first-order chi connectivity index (χ1) is 9.63. The van der Waals surface area contributed by atoms with E-state index in [0.717, 1.165) is 16.7 Å². The summed E-state index contributed by atoms with van der Waals surface area (Å²) >= 11 is 5.98. The van der Waals surface area contributed by atoms with E-state index in [0.29, 0.717) is 24.7 Å². The first-order valence-corrected chi connectivity index (χ1v) is 6.83. The molecule has 0 fully saturated rings. The monoisotopic (exact) mass is 292 g/mol. The van der Waals surface area contributed by atoms with Crippen LogP contribution in [0.15, 0.2) is 36.4 Å². The highest BCUT2D eigenvalue weighted by Gasteiger charge is 2.16. The molecule has 2 aromatic carbocycles. The molecule has 1 heterocycles. The van der Waals surface area contributed by atoms with Crippen molar-refractivity contribution in [3.8, 4) is 0 Å². The van der Waals surface area contributed by atoms with Gasteiger partial charge in [-0.3, -0.25) is 0 Å². The van der Waals surface area contributed by atoms with Crippen molar-refractivity contribution in [2.24, 2.45) is 0 Å². The Hall–Kier alpha value is -1.42. The second-order valence-electron chi connectivity index (χ2n) is 4.98. The van der Waals surface area contributed by atoms with E-state index in [4.69, 9.17) is 16.3 Å². The molecule has 2 aromatic rings. The van der Waals surface area contributed by atoms with Crippen LogP contribution in [-0.2, 0) is 24.4 Å². The molecule has 0 aromatic heterocycles. The van der Waals surface area contributed by atoms with Gasteiger partial charge in [0.15, 0.2) is 0 Å². The van der Waals surface area contributed by atoms with Crippen LogP contribution in [0.4, 0.5) is 4.39 Å². The Morgan fingerprint density at radius 3 is 2.75 bits per heavy atom. The van der Waals surface area contributed by atoms with Gasteiger partial charge in [0.25, 0.3) is 0 Å². The molecule has 0 saturated heterocycles. The van der Waals surface area contributed by atoms with E-state index in [1.165, 1.54) is 17.7 Å². The van der Waals surface area contributed by atoms with E-state index in [9.17, 15) is 9.50 Å². The Labute approximate surface area is 121 Å². The van der Waals surface area contributed by atoms with Crippen LogP contribution in [0.3, 0.4) is 0 Å². The van der Waals surface area contributed by atoms with E-state index in [1.54, 1.807) is 6.07 Å². The topological polar surface area (TPSA) is 29.5 Å². The summed E-state index contributed by atoms with van der Waals surface area (Å²) in [6, 6.07) is 10.1. The van der Waals surface area contributed by atoms with Crippen molar-refractivity contribution in [3.63, 3.8) is 0 Å². The van der Waals surface area contributed by atoms with Gasteiger partial charge in [0.05, 0.1) is 19.3 Å². The third kappa shape index (κ3) is 2.70. The van der Waals surface area contributed by atoms with Crippen molar-refractivity contribution in [2.45, 2.75) is 25.7 Å². The third-order valence-electron chi connectivity index (χ3n) is 3.56. The van der Waals surface area contributed by atoms with Crippen LogP contribution >= 0.6 is 11.6 Å². The van der Waals surface area contributed by atoms with Crippen LogP contribution in [-0.4, -0.2) is 5.11 Å². The quantitative estimate of drug-likeness (QED) is 0.933. The highest BCUT2D eigenvalue weighted by molar-refractivity contribution is 6.31. The van der Waals surface area contributed by atoms with Gasteiger partial charge >= 0.3 is 0 Å². The summed E-state index contributed by atoms with van der Waals surface area (Å²) in [6.45, 7) is 1.22. The van der Waals surface area contributed by atoms with Gasteiger partial charge in [-0.05, 0) is 34.4 Å². The molecule has 0 aliphatic carbocycles. The number of rotatable bonds is 3. The molecule has 0 spiro atoms. The zero-order chi connectivity index (χ0) is 14.1. The minimum Gasteiger partial charge on any atom is -0.388 e. The summed E-state index contributed by atoms with van der Waals surface area (Å²) in [4.78, 5) is 0. The van der Waals surface area contributed by atoms with Gasteiger partial charge in [-0.15, -0.1) is 0 Å². The molecule has 104 valence electrons. The lowest BCUT2D eigenvalue weighted by atomic mass is 9.98. The molecular formula is C16H14ClFO2. The molecule has 0 radical (unpaired) electrons. The first-order valence-electron chi connectivity index (χ1n) is 6.45. The number of hydrogen-bond acceptors (Lipinski definition) is 2. The fourth-order valence-electron chi connectivity index (χ4n) is 2.41. The molecule has 4 heteroatoms. The summed E-state index contributed by atoms with van der Waals surface area (Å²) < 4.78 is 18.4. The standard InChI is InChI=1S/C16H14ClFO2/c17-15-7-14(18)4-3-10(15)6-16(19)11-1-2-12-8-20-9-13(12)5-11/h1-5,7,16,19H,6,8-9H2. The van der Waals surface area contributed by atoms with Gasteiger partial charge in [-0.1, -0.05) is 35.9 Å². The van der Waals surface area contributed by atoms with Crippen molar-refractivity contribution in [3.05, 3.63) is 69.5 Å². The molecule has 0 bridgehead atoms. The minimum absolute atomic E-state index is 0.341. The van der Waals surface area contributed by atoms with E-state index >= 15 is 0 Å². The first kappa shape index (κ1) is 13.6. The molecular weight excluding hydrogens is 279 g/mol. The predicted molar refractivity (Wildman–Crippen MR) is 75.0 cm³/mol. The second kappa shape index (κ2) is 5.52. The Kier molecular flexibility index (Phi) is 3.74. The van der Waals surface area contributed by atoms with E-state index in [-0.39, 0.29) is 5.82 Å². The average molecular weight is 293 g/mol. The molecule has 0 amide bonds. The number of ether oxygens (including phenoxy) is 1. The number of hydrogen-bond donors (Lipinski definition) is 1.